The summed E-state index contributed by atoms with van der Waals surface area (Å²) in [6, 6.07) is 7.10. The maximum atomic E-state index is 9.41. The van der Waals surface area contributed by atoms with Crippen molar-refractivity contribution in [1.82, 2.24) is 0 Å². The van der Waals surface area contributed by atoms with Gasteiger partial charge in [0.05, 0.1) is 5.02 Å². The molecule has 0 unspecified atom stereocenters. The van der Waals surface area contributed by atoms with Gasteiger partial charge in [0.25, 0.3) is 0 Å². The van der Waals surface area contributed by atoms with Gasteiger partial charge in [-0.15, -0.1) is 0 Å². The second kappa shape index (κ2) is 3.98. The van der Waals surface area contributed by atoms with E-state index in [4.69, 9.17) is 11.6 Å². The highest BCUT2D eigenvalue weighted by Gasteiger charge is 2.01. The van der Waals surface area contributed by atoms with Crippen LogP contribution in [0.3, 0.4) is 0 Å². The lowest BCUT2D eigenvalue weighted by atomic mass is 10.2. The molecule has 2 heteroatoms. The van der Waals surface area contributed by atoms with E-state index in [1.165, 1.54) is 12.2 Å². The average Bonchev–Trinajstić information content (AvgIpc) is 2.05. The number of halogens is 1. The molecule has 12 heavy (non-hydrogen) atoms. The van der Waals surface area contributed by atoms with Gasteiger partial charge in [0.15, 0.2) is 0 Å². The Kier molecular flexibility index (Phi) is 2.94. The molecule has 0 aliphatic rings. The first-order chi connectivity index (χ1) is 5.75. The largest absolute Gasteiger partial charge is 0.507 e. The Hall–Kier alpha value is -1.21. The van der Waals surface area contributed by atoms with Gasteiger partial charge in [0.2, 0.25) is 0 Å². The third kappa shape index (κ3) is 1.89. The SMILES string of the molecule is C=CC=C(O)c1ccccc1Cl. The summed E-state index contributed by atoms with van der Waals surface area (Å²) in [5.74, 6) is 0.135. The minimum Gasteiger partial charge on any atom is -0.507 e. The number of aliphatic hydroxyl groups is 1. The van der Waals surface area contributed by atoms with Crippen LogP contribution in [-0.4, -0.2) is 5.11 Å². The van der Waals surface area contributed by atoms with Crippen LogP contribution in [0.15, 0.2) is 43.0 Å². The molecule has 0 saturated heterocycles. The van der Waals surface area contributed by atoms with Gasteiger partial charge >= 0.3 is 0 Å². The Morgan fingerprint density at radius 1 is 1.42 bits per heavy atom. The molecule has 0 bridgehead atoms. The van der Waals surface area contributed by atoms with Crippen molar-refractivity contribution in [3.05, 3.63) is 53.6 Å². The maximum Gasteiger partial charge on any atom is 0.124 e. The van der Waals surface area contributed by atoms with E-state index in [9.17, 15) is 5.11 Å². The van der Waals surface area contributed by atoms with Crippen LogP contribution in [0.5, 0.6) is 0 Å². The van der Waals surface area contributed by atoms with Crippen LogP contribution in [0.25, 0.3) is 5.76 Å². The van der Waals surface area contributed by atoms with Gasteiger partial charge in [-0.1, -0.05) is 36.4 Å². The molecule has 0 aliphatic heterocycles. The summed E-state index contributed by atoms with van der Waals surface area (Å²) in [4.78, 5) is 0. The van der Waals surface area contributed by atoms with Gasteiger partial charge in [0, 0.05) is 5.56 Å². The summed E-state index contributed by atoms with van der Waals surface area (Å²) in [5, 5.41) is 9.94. The minimum absolute atomic E-state index is 0.135. The van der Waals surface area contributed by atoms with E-state index in [1.807, 2.05) is 12.1 Å². The quantitative estimate of drug-likeness (QED) is 0.546. The molecule has 0 amide bonds. The minimum atomic E-state index is 0.135. The Labute approximate surface area is 76.6 Å². The van der Waals surface area contributed by atoms with Gasteiger partial charge in [-0.25, -0.2) is 0 Å². The van der Waals surface area contributed by atoms with Crippen LogP contribution in [0.4, 0.5) is 0 Å². The van der Waals surface area contributed by atoms with Gasteiger partial charge in [-0.2, -0.15) is 0 Å². The van der Waals surface area contributed by atoms with Crippen molar-refractivity contribution in [2.24, 2.45) is 0 Å². The van der Waals surface area contributed by atoms with Crippen LogP contribution in [0.1, 0.15) is 5.56 Å². The maximum absolute atomic E-state index is 9.41. The summed E-state index contributed by atoms with van der Waals surface area (Å²) in [5.41, 5.74) is 0.624. The van der Waals surface area contributed by atoms with Crippen LogP contribution < -0.4 is 0 Å². The topological polar surface area (TPSA) is 20.2 Å². The molecule has 1 nitrogen and oxygen atoms in total. The number of benzene rings is 1. The predicted molar refractivity (Wildman–Crippen MR) is 52.3 cm³/mol. The summed E-state index contributed by atoms with van der Waals surface area (Å²) in [6.45, 7) is 3.48. The molecule has 0 radical (unpaired) electrons. The van der Waals surface area contributed by atoms with Crippen molar-refractivity contribution in [1.29, 1.82) is 0 Å². The lowest BCUT2D eigenvalue weighted by Crippen LogP contribution is -1.82. The molecule has 0 atom stereocenters. The molecule has 0 saturated carbocycles. The smallest absolute Gasteiger partial charge is 0.124 e. The predicted octanol–water partition coefficient (Wildman–Crippen LogP) is 3.42. The molecular weight excluding hydrogens is 172 g/mol. The van der Waals surface area contributed by atoms with Crippen LogP contribution in [0.2, 0.25) is 5.02 Å². The molecule has 1 aromatic rings. The summed E-state index contributed by atoms with van der Waals surface area (Å²) < 4.78 is 0. The van der Waals surface area contributed by atoms with Crippen molar-refractivity contribution in [3.63, 3.8) is 0 Å². The van der Waals surface area contributed by atoms with E-state index in [0.717, 1.165) is 0 Å². The van der Waals surface area contributed by atoms with E-state index in [-0.39, 0.29) is 5.76 Å². The molecule has 0 spiro atoms. The Morgan fingerprint density at radius 3 is 2.67 bits per heavy atom. The fourth-order valence-electron chi connectivity index (χ4n) is 0.870. The third-order valence-corrected chi connectivity index (χ3v) is 1.76. The first-order valence-electron chi connectivity index (χ1n) is 3.52. The number of aliphatic hydroxyl groups excluding tert-OH is 1. The Balaban J connectivity index is 3.10. The molecule has 0 heterocycles. The third-order valence-electron chi connectivity index (χ3n) is 1.43. The highest BCUT2D eigenvalue weighted by Crippen LogP contribution is 2.21. The van der Waals surface area contributed by atoms with Crippen LogP contribution in [-0.2, 0) is 0 Å². The zero-order valence-corrected chi connectivity index (χ0v) is 7.25. The van der Waals surface area contributed by atoms with Crippen LogP contribution >= 0.6 is 11.6 Å². The van der Waals surface area contributed by atoms with Crippen molar-refractivity contribution in [3.8, 4) is 0 Å². The fraction of sp³-hybridized carbons (Fsp3) is 0. The highest BCUT2D eigenvalue weighted by atomic mass is 35.5. The van der Waals surface area contributed by atoms with E-state index in [0.29, 0.717) is 10.6 Å². The Morgan fingerprint density at radius 2 is 2.08 bits per heavy atom. The van der Waals surface area contributed by atoms with Crippen molar-refractivity contribution < 1.29 is 5.11 Å². The van der Waals surface area contributed by atoms with Gasteiger partial charge in [-0.05, 0) is 18.2 Å². The van der Waals surface area contributed by atoms with Crippen molar-refractivity contribution >= 4 is 17.4 Å². The lowest BCUT2D eigenvalue weighted by molar-refractivity contribution is 0.512. The molecule has 1 aromatic carbocycles. The highest BCUT2D eigenvalue weighted by molar-refractivity contribution is 6.32. The summed E-state index contributed by atoms with van der Waals surface area (Å²) in [7, 11) is 0. The molecule has 62 valence electrons. The summed E-state index contributed by atoms with van der Waals surface area (Å²) in [6.07, 6.45) is 3.01. The average molecular weight is 181 g/mol. The lowest BCUT2D eigenvalue weighted by Gasteiger charge is -2.00. The first-order valence-corrected chi connectivity index (χ1v) is 3.90. The zero-order valence-electron chi connectivity index (χ0n) is 6.50. The van der Waals surface area contributed by atoms with Gasteiger partial charge in [0.1, 0.15) is 5.76 Å². The monoisotopic (exact) mass is 180 g/mol. The fourth-order valence-corrected chi connectivity index (χ4v) is 1.10. The number of allylic oxidation sites excluding steroid dienone is 2. The van der Waals surface area contributed by atoms with Crippen LogP contribution in [0, 0.1) is 0 Å². The van der Waals surface area contributed by atoms with E-state index < -0.39 is 0 Å². The number of hydrogen-bond donors (Lipinski definition) is 1. The molecular formula is C10H9ClO. The van der Waals surface area contributed by atoms with Crippen molar-refractivity contribution in [2.45, 2.75) is 0 Å². The second-order valence-corrected chi connectivity index (χ2v) is 2.67. The molecule has 0 aliphatic carbocycles. The summed E-state index contributed by atoms with van der Waals surface area (Å²) >= 11 is 5.82. The van der Waals surface area contributed by atoms with Gasteiger partial charge in [-0.3, -0.25) is 0 Å². The normalized spacial score (nSPS) is 11.2. The first kappa shape index (κ1) is 8.88. The van der Waals surface area contributed by atoms with Crippen molar-refractivity contribution in [2.75, 3.05) is 0 Å². The van der Waals surface area contributed by atoms with E-state index >= 15 is 0 Å². The van der Waals surface area contributed by atoms with E-state index in [2.05, 4.69) is 6.58 Å². The van der Waals surface area contributed by atoms with Gasteiger partial charge < -0.3 is 5.11 Å². The zero-order chi connectivity index (χ0) is 8.97. The molecule has 0 aromatic heterocycles. The Bertz CT molecular complexity index is 315. The standard InChI is InChI=1S/C10H9ClO/c1-2-5-10(12)8-6-3-4-7-9(8)11/h2-7,12H,1H2. The number of hydrogen-bond acceptors (Lipinski definition) is 1. The van der Waals surface area contributed by atoms with E-state index in [1.54, 1.807) is 12.1 Å². The molecule has 1 N–H and O–H groups in total. The molecule has 0 fully saturated rings. The molecule has 1 rings (SSSR count). The number of rotatable bonds is 2. The second-order valence-electron chi connectivity index (χ2n) is 2.27.